The van der Waals surface area contributed by atoms with Gasteiger partial charge < -0.3 is 19.9 Å². The Hall–Kier alpha value is -2.37. The maximum absolute atomic E-state index is 12.2. The lowest BCUT2D eigenvalue weighted by atomic mass is 10.1. The smallest absolute Gasteiger partial charge is 0.275 e. The molecule has 0 spiro atoms. The molecule has 2 aliphatic rings. The van der Waals surface area contributed by atoms with Gasteiger partial charge in [-0.1, -0.05) is 30.3 Å². The van der Waals surface area contributed by atoms with Crippen LogP contribution in [0.25, 0.3) is 0 Å². The molecule has 5 nitrogen and oxygen atoms in total. The Morgan fingerprint density at radius 3 is 2.56 bits per heavy atom. The molecule has 27 heavy (non-hydrogen) atoms. The van der Waals surface area contributed by atoms with Crippen LogP contribution < -0.4 is 19.9 Å². The molecule has 1 saturated heterocycles. The average Bonchev–Trinajstić information content (AvgIpc) is 3.17. The fourth-order valence-corrected chi connectivity index (χ4v) is 4.04. The molecule has 2 aromatic carbocycles. The number of carbonyl (C=O) groups is 1. The molecular formula is C22H29N3O2+2. The van der Waals surface area contributed by atoms with Crippen LogP contribution in [0.2, 0.25) is 0 Å². The summed E-state index contributed by atoms with van der Waals surface area (Å²) in [4.78, 5) is 15.2. The highest BCUT2D eigenvalue weighted by molar-refractivity contribution is 5.76. The molecule has 1 fully saturated rings. The zero-order chi connectivity index (χ0) is 18.5. The SMILES string of the molecule is O=C(C[NH+]1CC[NH+](Cc2ccc3c(c2)CCO3)CC1)NCc1ccccc1. The van der Waals surface area contributed by atoms with E-state index in [-0.39, 0.29) is 5.91 Å². The normalized spacial score (nSPS) is 21.3. The summed E-state index contributed by atoms with van der Waals surface area (Å²) in [6.07, 6.45) is 1.04. The van der Waals surface area contributed by atoms with Gasteiger partial charge in [0.2, 0.25) is 0 Å². The van der Waals surface area contributed by atoms with E-state index in [1.54, 1.807) is 4.90 Å². The molecule has 0 aliphatic carbocycles. The summed E-state index contributed by atoms with van der Waals surface area (Å²) >= 11 is 0. The van der Waals surface area contributed by atoms with Crippen LogP contribution in [-0.2, 0) is 24.3 Å². The first-order valence-corrected chi connectivity index (χ1v) is 9.98. The second-order valence-corrected chi connectivity index (χ2v) is 7.66. The number of benzene rings is 2. The molecule has 2 aliphatic heterocycles. The van der Waals surface area contributed by atoms with Crippen molar-refractivity contribution in [1.29, 1.82) is 0 Å². The Labute approximate surface area is 160 Å². The molecule has 2 aromatic rings. The monoisotopic (exact) mass is 367 g/mol. The van der Waals surface area contributed by atoms with E-state index in [2.05, 4.69) is 23.5 Å². The topological polar surface area (TPSA) is 47.2 Å². The summed E-state index contributed by atoms with van der Waals surface area (Å²) < 4.78 is 5.59. The number of nitrogens with one attached hydrogen (secondary N) is 3. The molecule has 3 N–H and O–H groups in total. The molecule has 0 atom stereocenters. The number of amides is 1. The number of ether oxygens (including phenoxy) is 1. The number of hydrogen-bond donors (Lipinski definition) is 3. The zero-order valence-corrected chi connectivity index (χ0v) is 15.8. The maximum Gasteiger partial charge on any atom is 0.275 e. The number of piperazine rings is 1. The van der Waals surface area contributed by atoms with Crippen molar-refractivity contribution in [2.24, 2.45) is 0 Å². The van der Waals surface area contributed by atoms with E-state index >= 15 is 0 Å². The number of rotatable bonds is 6. The molecule has 4 rings (SSSR count). The molecule has 0 bridgehead atoms. The second-order valence-electron chi connectivity index (χ2n) is 7.66. The minimum atomic E-state index is 0.149. The first kappa shape index (κ1) is 18.0. The van der Waals surface area contributed by atoms with Gasteiger partial charge >= 0.3 is 0 Å². The van der Waals surface area contributed by atoms with E-state index in [4.69, 9.17) is 4.74 Å². The number of fused-ring (bicyclic) bond motifs is 1. The molecular weight excluding hydrogens is 338 g/mol. The van der Waals surface area contributed by atoms with E-state index in [0.29, 0.717) is 13.1 Å². The van der Waals surface area contributed by atoms with Crippen LogP contribution in [0, 0.1) is 0 Å². The average molecular weight is 367 g/mol. The lowest BCUT2D eigenvalue weighted by Crippen LogP contribution is -3.28. The Bertz CT molecular complexity index is 770. The van der Waals surface area contributed by atoms with Gasteiger partial charge in [-0.3, -0.25) is 4.79 Å². The lowest BCUT2D eigenvalue weighted by molar-refractivity contribution is -1.02. The van der Waals surface area contributed by atoms with Gasteiger partial charge in [0.1, 0.15) is 38.5 Å². The van der Waals surface area contributed by atoms with Crippen molar-refractivity contribution in [2.45, 2.75) is 19.5 Å². The summed E-state index contributed by atoms with van der Waals surface area (Å²) in [5.41, 5.74) is 3.90. The van der Waals surface area contributed by atoms with Crippen molar-refractivity contribution >= 4 is 5.91 Å². The third-order valence-corrected chi connectivity index (χ3v) is 5.62. The number of carbonyl (C=O) groups excluding carboxylic acids is 1. The predicted molar refractivity (Wildman–Crippen MR) is 104 cm³/mol. The highest BCUT2D eigenvalue weighted by atomic mass is 16.5. The minimum Gasteiger partial charge on any atom is -0.493 e. The van der Waals surface area contributed by atoms with Crippen molar-refractivity contribution < 1.29 is 19.3 Å². The summed E-state index contributed by atoms with van der Waals surface area (Å²) in [7, 11) is 0. The van der Waals surface area contributed by atoms with Crippen molar-refractivity contribution in [3.63, 3.8) is 0 Å². The molecule has 5 heteroatoms. The number of hydrogen-bond acceptors (Lipinski definition) is 2. The van der Waals surface area contributed by atoms with Gasteiger partial charge in [0, 0.05) is 18.5 Å². The van der Waals surface area contributed by atoms with Gasteiger partial charge in [0.25, 0.3) is 5.91 Å². The zero-order valence-electron chi connectivity index (χ0n) is 15.8. The third-order valence-electron chi connectivity index (χ3n) is 5.62. The standard InChI is InChI=1S/C22H27N3O2/c26-22(23-15-18-4-2-1-3-5-18)17-25-11-9-24(10-12-25)16-19-6-7-21-20(14-19)8-13-27-21/h1-7,14H,8-13,15-17H2,(H,23,26)/p+2. The van der Waals surface area contributed by atoms with Crippen LogP contribution in [0.4, 0.5) is 0 Å². The summed E-state index contributed by atoms with van der Waals surface area (Å²) in [6.45, 7) is 7.44. The van der Waals surface area contributed by atoms with Crippen LogP contribution in [-0.4, -0.2) is 45.2 Å². The van der Waals surface area contributed by atoms with Crippen molar-refractivity contribution in [3.05, 3.63) is 65.2 Å². The van der Waals surface area contributed by atoms with Gasteiger partial charge in [-0.05, 0) is 29.3 Å². The van der Waals surface area contributed by atoms with E-state index < -0.39 is 0 Å². The summed E-state index contributed by atoms with van der Waals surface area (Å²) in [5, 5.41) is 3.04. The fraction of sp³-hybridized carbons (Fsp3) is 0.409. The van der Waals surface area contributed by atoms with Crippen molar-refractivity contribution in [3.8, 4) is 5.75 Å². The van der Waals surface area contributed by atoms with Crippen molar-refractivity contribution in [1.82, 2.24) is 5.32 Å². The summed E-state index contributed by atoms with van der Waals surface area (Å²) in [6, 6.07) is 16.7. The Balaban J connectivity index is 1.19. The molecule has 0 radical (unpaired) electrons. The molecule has 0 unspecified atom stereocenters. The van der Waals surface area contributed by atoms with Gasteiger partial charge in [-0.2, -0.15) is 0 Å². The summed E-state index contributed by atoms with van der Waals surface area (Å²) in [5.74, 6) is 1.21. The molecule has 2 heterocycles. The lowest BCUT2D eigenvalue weighted by Gasteiger charge is -2.29. The molecule has 142 valence electrons. The second kappa shape index (κ2) is 8.55. The van der Waals surface area contributed by atoms with Gasteiger partial charge in [0.05, 0.1) is 6.61 Å². The first-order valence-electron chi connectivity index (χ1n) is 9.98. The van der Waals surface area contributed by atoms with Gasteiger partial charge in [-0.25, -0.2) is 0 Å². The van der Waals surface area contributed by atoms with E-state index in [9.17, 15) is 4.79 Å². The highest BCUT2D eigenvalue weighted by Crippen LogP contribution is 2.25. The quantitative estimate of drug-likeness (QED) is 0.628. The van der Waals surface area contributed by atoms with Crippen LogP contribution in [0.1, 0.15) is 16.7 Å². The Morgan fingerprint density at radius 1 is 0.963 bits per heavy atom. The van der Waals surface area contributed by atoms with Gasteiger partial charge in [0.15, 0.2) is 6.54 Å². The van der Waals surface area contributed by atoms with E-state index in [1.807, 2.05) is 30.3 Å². The molecule has 1 amide bonds. The van der Waals surface area contributed by atoms with E-state index in [0.717, 1.165) is 57.1 Å². The highest BCUT2D eigenvalue weighted by Gasteiger charge is 2.25. The third kappa shape index (κ3) is 4.87. The van der Waals surface area contributed by atoms with Crippen molar-refractivity contribution in [2.75, 3.05) is 39.3 Å². The maximum atomic E-state index is 12.2. The Kier molecular flexibility index (Phi) is 5.70. The fourth-order valence-electron chi connectivity index (χ4n) is 4.04. The van der Waals surface area contributed by atoms with Gasteiger partial charge in [-0.15, -0.1) is 0 Å². The molecule has 0 aromatic heterocycles. The van der Waals surface area contributed by atoms with Crippen LogP contribution in [0.15, 0.2) is 48.5 Å². The molecule has 0 saturated carbocycles. The minimum absolute atomic E-state index is 0.149. The Morgan fingerprint density at radius 2 is 1.74 bits per heavy atom. The van der Waals surface area contributed by atoms with Crippen LogP contribution in [0.5, 0.6) is 5.75 Å². The predicted octanol–water partition coefficient (Wildman–Crippen LogP) is -0.779. The van der Waals surface area contributed by atoms with E-state index in [1.165, 1.54) is 16.0 Å². The first-order chi connectivity index (χ1) is 13.3. The number of quaternary nitrogens is 2. The van der Waals surface area contributed by atoms with Crippen LogP contribution in [0.3, 0.4) is 0 Å². The largest absolute Gasteiger partial charge is 0.493 e. The van der Waals surface area contributed by atoms with Crippen LogP contribution >= 0.6 is 0 Å².